The largest absolute Gasteiger partial charge is 0.475 e. The van der Waals surface area contributed by atoms with Gasteiger partial charge in [0.1, 0.15) is 5.78 Å². The number of carbonyl (C=O) groups excluding carboxylic acids is 2. The molecule has 5 heteroatoms. The van der Waals surface area contributed by atoms with Gasteiger partial charge in [-0.25, -0.2) is 4.79 Å². The number of hydrogen-bond acceptors (Lipinski definition) is 3. The van der Waals surface area contributed by atoms with Crippen LogP contribution >= 0.6 is 0 Å². The molecule has 0 bridgehead atoms. The molecule has 59 valence electrons. The molecule has 0 heterocycles. The summed E-state index contributed by atoms with van der Waals surface area (Å²) in [4.78, 5) is 29.9. The zero-order valence-corrected chi connectivity index (χ0v) is 7.61. The maximum atomic E-state index is 10.1. The summed E-state index contributed by atoms with van der Waals surface area (Å²) in [6.07, 6.45) is -0.505. The van der Waals surface area contributed by atoms with Crippen LogP contribution in [0, 0.1) is 0 Å². The molecule has 1 radical (unpaired) electrons. The molecular weight excluding hydrogens is 316 g/mol. The Kier molecular flexibility index (Phi) is 6.40. The van der Waals surface area contributed by atoms with E-state index in [4.69, 9.17) is 5.11 Å². The summed E-state index contributed by atoms with van der Waals surface area (Å²) >= 11 is 0. The maximum Gasteiger partial charge on any atom is 0.372 e. The number of Topliss-reactive ketones (excluding diaryl/α,β-unsaturated/α-hetero) is 2. The van der Waals surface area contributed by atoms with E-state index in [0.29, 0.717) is 0 Å². The molecule has 0 aromatic heterocycles. The number of rotatable bonds is 3. The Hall–Kier alpha value is -0.541. The zero-order valence-electron chi connectivity index (χ0n) is 5.21. The number of carboxylic acid groups (broad SMARTS) is 1. The topological polar surface area (TPSA) is 71.4 Å². The molecule has 0 spiro atoms. The van der Waals surface area contributed by atoms with Crippen molar-refractivity contribution in [2.75, 3.05) is 0 Å². The third kappa shape index (κ3) is 5.59. The van der Waals surface area contributed by atoms with Crippen LogP contribution in [0.2, 0.25) is 0 Å². The molecule has 0 aliphatic rings. The average molecular weight is 322 g/mol. The van der Waals surface area contributed by atoms with Crippen molar-refractivity contribution >= 4 is 17.5 Å². The Morgan fingerprint density at radius 2 is 1.70 bits per heavy atom. The molecule has 0 unspecified atom stereocenters. The van der Waals surface area contributed by atoms with Crippen molar-refractivity contribution in [2.24, 2.45) is 0 Å². The standard InChI is InChI=1S/C5H6O4.Ir/c1-3(6)2-4(7)5(8)9;/h2H2,1H3,(H,8,9);. The molecule has 0 saturated heterocycles. The van der Waals surface area contributed by atoms with Crippen molar-refractivity contribution in [3.8, 4) is 0 Å². The fraction of sp³-hybridized carbons (Fsp3) is 0.400. The molecule has 10 heavy (non-hydrogen) atoms. The second-order valence-corrected chi connectivity index (χ2v) is 1.61. The van der Waals surface area contributed by atoms with Crippen LogP contribution in [0.5, 0.6) is 0 Å². The van der Waals surface area contributed by atoms with Crippen molar-refractivity contribution < 1.29 is 39.6 Å². The maximum absolute atomic E-state index is 10.1. The summed E-state index contributed by atoms with van der Waals surface area (Å²) in [5.74, 6) is -3.03. The average Bonchev–Trinajstić information content (AvgIpc) is 1.63. The van der Waals surface area contributed by atoms with Crippen molar-refractivity contribution in [1.29, 1.82) is 0 Å². The predicted octanol–water partition coefficient (Wildman–Crippen LogP) is -0.383. The van der Waals surface area contributed by atoms with Crippen molar-refractivity contribution in [2.45, 2.75) is 13.3 Å². The van der Waals surface area contributed by atoms with E-state index in [-0.39, 0.29) is 20.1 Å². The van der Waals surface area contributed by atoms with Crippen LogP contribution in [-0.2, 0) is 34.5 Å². The van der Waals surface area contributed by atoms with E-state index in [1.165, 1.54) is 6.92 Å². The van der Waals surface area contributed by atoms with Crippen molar-refractivity contribution in [3.63, 3.8) is 0 Å². The fourth-order valence-corrected chi connectivity index (χ4v) is 0.302. The first kappa shape index (κ1) is 12.2. The van der Waals surface area contributed by atoms with Crippen LogP contribution in [-0.4, -0.2) is 22.6 Å². The second kappa shape index (κ2) is 5.26. The van der Waals surface area contributed by atoms with Gasteiger partial charge in [0.25, 0.3) is 0 Å². The van der Waals surface area contributed by atoms with Crippen LogP contribution in [0.1, 0.15) is 13.3 Å². The monoisotopic (exact) mass is 323 g/mol. The molecule has 0 aromatic rings. The van der Waals surface area contributed by atoms with Gasteiger partial charge >= 0.3 is 5.97 Å². The third-order valence-electron chi connectivity index (χ3n) is 0.648. The third-order valence-corrected chi connectivity index (χ3v) is 0.648. The van der Waals surface area contributed by atoms with Crippen LogP contribution in [0.25, 0.3) is 0 Å². The summed E-state index contributed by atoms with van der Waals surface area (Å²) in [6, 6.07) is 0. The minimum absolute atomic E-state index is 0. The summed E-state index contributed by atoms with van der Waals surface area (Å²) in [5, 5.41) is 7.93. The van der Waals surface area contributed by atoms with Crippen LogP contribution in [0.15, 0.2) is 0 Å². The zero-order chi connectivity index (χ0) is 7.44. The Morgan fingerprint density at radius 1 is 1.30 bits per heavy atom. The van der Waals surface area contributed by atoms with Gasteiger partial charge in [-0.3, -0.25) is 9.59 Å². The second-order valence-electron chi connectivity index (χ2n) is 1.61. The van der Waals surface area contributed by atoms with Gasteiger partial charge in [0, 0.05) is 20.1 Å². The molecule has 0 atom stereocenters. The molecule has 0 amide bonds. The summed E-state index contributed by atoms with van der Waals surface area (Å²) in [6.45, 7) is 1.17. The smallest absolute Gasteiger partial charge is 0.372 e. The Bertz CT molecular complexity index is 163. The van der Waals surface area contributed by atoms with E-state index < -0.39 is 24.0 Å². The van der Waals surface area contributed by atoms with E-state index >= 15 is 0 Å². The molecule has 0 aliphatic heterocycles. The minimum atomic E-state index is -1.55. The number of ketones is 2. The first-order valence-electron chi connectivity index (χ1n) is 2.29. The van der Waals surface area contributed by atoms with Gasteiger partial charge in [0.2, 0.25) is 5.78 Å². The number of hydrogen-bond donors (Lipinski definition) is 1. The number of carbonyl (C=O) groups is 3. The normalized spacial score (nSPS) is 7.70. The van der Waals surface area contributed by atoms with Crippen molar-refractivity contribution in [1.82, 2.24) is 0 Å². The first-order chi connectivity index (χ1) is 4.04. The van der Waals surface area contributed by atoms with Gasteiger partial charge in [-0.2, -0.15) is 0 Å². The quantitative estimate of drug-likeness (QED) is 0.568. The summed E-state index contributed by atoms with van der Waals surface area (Å²) in [7, 11) is 0. The molecule has 0 aliphatic carbocycles. The van der Waals surface area contributed by atoms with E-state index in [0.717, 1.165) is 0 Å². The van der Waals surface area contributed by atoms with Crippen LogP contribution in [0.4, 0.5) is 0 Å². The van der Waals surface area contributed by atoms with Gasteiger partial charge in [-0.1, -0.05) is 0 Å². The van der Waals surface area contributed by atoms with E-state index in [1.807, 2.05) is 0 Å². The van der Waals surface area contributed by atoms with E-state index in [2.05, 4.69) is 0 Å². The summed E-state index contributed by atoms with van der Waals surface area (Å²) in [5.41, 5.74) is 0. The van der Waals surface area contributed by atoms with E-state index in [1.54, 1.807) is 0 Å². The van der Waals surface area contributed by atoms with Crippen LogP contribution < -0.4 is 0 Å². The Morgan fingerprint density at radius 3 is 1.80 bits per heavy atom. The van der Waals surface area contributed by atoms with Crippen molar-refractivity contribution in [3.05, 3.63) is 0 Å². The van der Waals surface area contributed by atoms with Gasteiger partial charge in [0.05, 0.1) is 6.42 Å². The molecule has 0 saturated carbocycles. The van der Waals surface area contributed by atoms with Gasteiger partial charge in [-0.05, 0) is 6.92 Å². The number of carboxylic acids is 1. The fourth-order valence-electron chi connectivity index (χ4n) is 0.302. The molecule has 0 rings (SSSR count). The molecule has 0 fully saturated rings. The van der Waals surface area contributed by atoms with Gasteiger partial charge in [-0.15, -0.1) is 0 Å². The first-order valence-corrected chi connectivity index (χ1v) is 2.29. The van der Waals surface area contributed by atoms with Gasteiger partial charge < -0.3 is 5.11 Å². The Balaban J connectivity index is 0. The molecular formula is C5H6IrO4. The summed E-state index contributed by atoms with van der Waals surface area (Å²) < 4.78 is 0. The SMILES string of the molecule is CC(=O)CC(=O)C(=O)O.[Ir]. The molecule has 4 nitrogen and oxygen atoms in total. The Labute approximate surface area is 71.0 Å². The van der Waals surface area contributed by atoms with E-state index in [9.17, 15) is 14.4 Å². The number of aliphatic carboxylic acids is 1. The molecule has 0 aromatic carbocycles. The van der Waals surface area contributed by atoms with Crippen LogP contribution in [0.3, 0.4) is 0 Å². The minimum Gasteiger partial charge on any atom is -0.475 e. The predicted molar refractivity (Wildman–Crippen MR) is 27.9 cm³/mol. The molecule has 1 N–H and O–H groups in total. The van der Waals surface area contributed by atoms with Gasteiger partial charge in [0.15, 0.2) is 0 Å².